The molecule has 1 aliphatic rings. The molecular formula is C18H12ClNO3S. The third-order valence-corrected chi connectivity index (χ3v) is 5.03. The Kier molecular flexibility index (Phi) is 4.04. The van der Waals surface area contributed by atoms with Crippen LogP contribution in [0.25, 0.3) is 10.9 Å². The van der Waals surface area contributed by atoms with Crippen molar-refractivity contribution in [3.05, 3.63) is 59.2 Å². The minimum absolute atomic E-state index is 0.0391. The van der Waals surface area contributed by atoms with Gasteiger partial charge in [0.2, 0.25) is 6.79 Å². The fourth-order valence-electron chi connectivity index (χ4n) is 2.52. The average Bonchev–Trinajstić information content (AvgIpc) is 3.06. The molecule has 3 aromatic rings. The zero-order chi connectivity index (χ0) is 16.5. The molecule has 4 rings (SSSR count). The first-order valence-electron chi connectivity index (χ1n) is 7.30. The number of hydrogen-bond acceptors (Lipinski definition) is 5. The van der Waals surface area contributed by atoms with Gasteiger partial charge in [0.25, 0.3) is 0 Å². The molecule has 2 aromatic carbocycles. The Labute approximate surface area is 147 Å². The van der Waals surface area contributed by atoms with Crippen molar-refractivity contribution in [1.29, 1.82) is 0 Å². The van der Waals surface area contributed by atoms with E-state index < -0.39 is 0 Å². The van der Waals surface area contributed by atoms with Crippen molar-refractivity contribution in [3.63, 3.8) is 0 Å². The maximum Gasteiger partial charge on any atom is 0.231 e. The van der Waals surface area contributed by atoms with E-state index in [0.29, 0.717) is 27.8 Å². The summed E-state index contributed by atoms with van der Waals surface area (Å²) in [6.45, 7) is 0.202. The van der Waals surface area contributed by atoms with Crippen LogP contribution in [-0.2, 0) is 0 Å². The summed E-state index contributed by atoms with van der Waals surface area (Å²) < 4.78 is 10.6. The van der Waals surface area contributed by atoms with Gasteiger partial charge in [-0.3, -0.25) is 9.78 Å². The van der Waals surface area contributed by atoms with Crippen molar-refractivity contribution in [2.75, 3.05) is 12.5 Å². The minimum Gasteiger partial charge on any atom is -0.454 e. The quantitative estimate of drug-likeness (QED) is 0.504. The molecule has 0 saturated heterocycles. The van der Waals surface area contributed by atoms with Crippen molar-refractivity contribution in [2.45, 2.75) is 4.90 Å². The number of fused-ring (bicyclic) bond motifs is 2. The number of halogens is 1. The maximum atomic E-state index is 12.5. The molecule has 0 spiro atoms. The lowest BCUT2D eigenvalue weighted by Crippen LogP contribution is -2.02. The van der Waals surface area contributed by atoms with Gasteiger partial charge in [0.05, 0.1) is 11.3 Å². The van der Waals surface area contributed by atoms with Gasteiger partial charge in [-0.15, -0.1) is 11.8 Å². The minimum atomic E-state index is 0.0391. The summed E-state index contributed by atoms with van der Waals surface area (Å²) in [6, 6.07) is 12.8. The second-order valence-corrected chi connectivity index (χ2v) is 6.70. The van der Waals surface area contributed by atoms with Crippen LogP contribution in [0.1, 0.15) is 10.4 Å². The highest BCUT2D eigenvalue weighted by atomic mass is 35.5. The molecule has 0 fully saturated rings. The smallest absolute Gasteiger partial charge is 0.231 e. The molecule has 0 N–H and O–H groups in total. The fourth-order valence-corrected chi connectivity index (χ4v) is 3.62. The summed E-state index contributed by atoms with van der Waals surface area (Å²) >= 11 is 7.49. The second kappa shape index (κ2) is 6.34. The Balaban J connectivity index is 1.53. The number of aromatic nitrogens is 1. The van der Waals surface area contributed by atoms with E-state index in [-0.39, 0.29) is 12.6 Å². The predicted molar refractivity (Wildman–Crippen MR) is 94.4 cm³/mol. The summed E-state index contributed by atoms with van der Waals surface area (Å²) in [5, 5.41) is 1.64. The molecule has 2 heterocycles. The Hall–Kier alpha value is -2.24. The lowest BCUT2D eigenvalue weighted by molar-refractivity contribution is 0.102. The molecule has 6 heteroatoms. The number of pyridine rings is 1. The predicted octanol–water partition coefficient (Wildman–Crippen LogP) is 4.59. The Morgan fingerprint density at radius 1 is 1.12 bits per heavy atom. The van der Waals surface area contributed by atoms with Crippen LogP contribution < -0.4 is 9.47 Å². The van der Waals surface area contributed by atoms with E-state index in [1.165, 1.54) is 11.8 Å². The highest BCUT2D eigenvalue weighted by Crippen LogP contribution is 2.33. The number of Topliss-reactive ketones (excluding diaryl/α,β-unsaturated/α-hetero) is 1. The van der Waals surface area contributed by atoms with Gasteiger partial charge in [-0.1, -0.05) is 17.7 Å². The van der Waals surface area contributed by atoms with Crippen LogP contribution in [0.15, 0.2) is 53.6 Å². The second-order valence-electron chi connectivity index (χ2n) is 5.25. The van der Waals surface area contributed by atoms with Gasteiger partial charge in [0.15, 0.2) is 17.3 Å². The molecule has 0 radical (unpaired) electrons. The van der Waals surface area contributed by atoms with Gasteiger partial charge >= 0.3 is 0 Å². The number of hydrogen-bond donors (Lipinski definition) is 0. The molecule has 4 nitrogen and oxygen atoms in total. The van der Waals surface area contributed by atoms with Gasteiger partial charge in [0.1, 0.15) is 0 Å². The summed E-state index contributed by atoms with van der Waals surface area (Å²) in [4.78, 5) is 17.8. The van der Waals surface area contributed by atoms with Crippen molar-refractivity contribution in [2.24, 2.45) is 0 Å². The maximum absolute atomic E-state index is 12.5. The third kappa shape index (κ3) is 2.92. The van der Waals surface area contributed by atoms with E-state index in [1.54, 1.807) is 24.4 Å². The highest BCUT2D eigenvalue weighted by Gasteiger charge is 2.16. The molecule has 0 unspecified atom stereocenters. The zero-order valence-corrected chi connectivity index (χ0v) is 14.1. The summed E-state index contributed by atoms with van der Waals surface area (Å²) in [5.74, 6) is 1.67. The van der Waals surface area contributed by atoms with Crippen LogP contribution in [-0.4, -0.2) is 23.3 Å². The zero-order valence-electron chi connectivity index (χ0n) is 12.5. The van der Waals surface area contributed by atoms with Crippen LogP contribution in [0.2, 0.25) is 5.02 Å². The van der Waals surface area contributed by atoms with Gasteiger partial charge in [-0.05, 0) is 36.4 Å². The van der Waals surface area contributed by atoms with Gasteiger partial charge in [0, 0.05) is 27.1 Å². The lowest BCUT2D eigenvalue weighted by Gasteiger charge is -2.06. The number of ketones is 1. The van der Waals surface area contributed by atoms with E-state index in [4.69, 9.17) is 21.1 Å². The molecule has 0 aliphatic carbocycles. The standard InChI is InChI=1S/C18H12ClNO3S/c19-12-2-3-13-14(8-12)20-6-5-18(13)24-9-15(21)11-1-4-16-17(7-11)23-10-22-16/h1-8H,9-10H2. The first-order valence-corrected chi connectivity index (χ1v) is 8.67. The van der Waals surface area contributed by atoms with Crippen LogP contribution >= 0.6 is 23.4 Å². The molecular weight excluding hydrogens is 346 g/mol. The monoisotopic (exact) mass is 357 g/mol. The molecule has 1 aromatic heterocycles. The van der Waals surface area contributed by atoms with Crippen LogP contribution in [0.4, 0.5) is 0 Å². The molecule has 120 valence electrons. The summed E-state index contributed by atoms with van der Waals surface area (Å²) in [6.07, 6.45) is 1.73. The van der Waals surface area contributed by atoms with Gasteiger partial charge in [-0.2, -0.15) is 0 Å². The topological polar surface area (TPSA) is 48.4 Å². The van der Waals surface area contributed by atoms with E-state index in [0.717, 1.165) is 15.8 Å². The Bertz CT molecular complexity index is 945. The van der Waals surface area contributed by atoms with Crippen molar-refractivity contribution < 1.29 is 14.3 Å². The molecule has 0 atom stereocenters. The van der Waals surface area contributed by atoms with Crippen molar-refractivity contribution in [1.82, 2.24) is 4.98 Å². The van der Waals surface area contributed by atoms with Crippen molar-refractivity contribution >= 4 is 40.0 Å². The molecule has 0 amide bonds. The average molecular weight is 358 g/mol. The van der Waals surface area contributed by atoms with E-state index in [1.807, 2.05) is 24.3 Å². The number of ether oxygens (including phenoxy) is 2. The van der Waals surface area contributed by atoms with Crippen LogP contribution in [0.5, 0.6) is 11.5 Å². The summed E-state index contributed by atoms with van der Waals surface area (Å²) in [5.41, 5.74) is 1.44. The first-order chi connectivity index (χ1) is 11.7. The molecule has 1 aliphatic heterocycles. The molecule has 24 heavy (non-hydrogen) atoms. The van der Waals surface area contributed by atoms with E-state index in [9.17, 15) is 4.79 Å². The largest absolute Gasteiger partial charge is 0.454 e. The third-order valence-electron chi connectivity index (χ3n) is 3.72. The number of carbonyl (C=O) groups is 1. The number of carbonyl (C=O) groups excluding carboxylic acids is 1. The van der Waals surface area contributed by atoms with Crippen LogP contribution in [0, 0.1) is 0 Å². The summed E-state index contributed by atoms with van der Waals surface area (Å²) in [7, 11) is 0. The molecule has 0 bridgehead atoms. The van der Waals surface area contributed by atoms with E-state index in [2.05, 4.69) is 4.98 Å². The van der Waals surface area contributed by atoms with Crippen molar-refractivity contribution in [3.8, 4) is 11.5 Å². The number of thioether (sulfide) groups is 1. The Morgan fingerprint density at radius 2 is 2.00 bits per heavy atom. The van der Waals surface area contributed by atoms with Crippen LogP contribution in [0.3, 0.4) is 0 Å². The number of nitrogens with zero attached hydrogens (tertiary/aromatic N) is 1. The fraction of sp³-hybridized carbons (Fsp3) is 0.111. The highest BCUT2D eigenvalue weighted by molar-refractivity contribution is 8.00. The first kappa shape index (κ1) is 15.3. The van der Waals surface area contributed by atoms with Gasteiger partial charge < -0.3 is 9.47 Å². The van der Waals surface area contributed by atoms with Gasteiger partial charge in [-0.25, -0.2) is 0 Å². The number of benzene rings is 2. The van der Waals surface area contributed by atoms with E-state index >= 15 is 0 Å². The number of rotatable bonds is 4. The lowest BCUT2D eigenvalue weighted by atomic mass is 10.1. The normalized spacial score (nSPS) is 12.5. The molecule has 0 saturated carbocycles. The SMILES string of the molecule is O=C(CSc1ccnc2cc(Cl)ccc12)c1ccc2c(c1)OCO2. The Morgan fingerprint density at radius 3 is 2.92 bits per heavy atom.